The fourth-order valence-electron chi connectivity index (χ4n) is 3.00. The number of hydrogen-bond donors (Lipinski definition) is 1. The van der Waals surface area contributed by atoms with Crippen molar-refractivity contribution in [2.45, 2.75) is 6.42 Å². The summed E-state index contributed by atoms with van der Waals surface area (Å²) in [6, 6.07) is 9.11. The van der Waals surface area contributed by atoms with Gasteiger partial charge < -0.3 is 10.6 Å². The molecule has 3 rings (SSSR count). The summed E-state index contributed by atoms with van der Waals surface area (Å²) in [4.78, 5) is 16.9. The van der Waals surface area contributed by atoms with Crippen molar-refractivity contribution in [1.29, 1.82) is 5.26 Å². The van der Waals surface area contributed by atoms with E-state index in [9.17, 15) is 4.79 Å². The number of hydrogen-bond acceptors (Lipinski definition) is 5. The Morgan fingerprint density at radius 1 is 1.31 bits per heavy atom. The summed E-state index contributed by atoms with van der Waals surface area (Å²) >= 11 is 0. The van der Waals surface area contributed by atoms with Crippen LogP contribution >= 0.6 is 0 Å². The standard InChI is InChI=1S/C19H20N6O/c1-2-3-7-23-8-10-24(11-9-23)19(26)15-5-4-6-17(12-15)25-18(21)16(13-20)14-22-25/h1,4-6,12,14H,3,7-11,21H2. The monoisotopic (exact) mass is 348 g/mol. The number of nitriles is 1. The van der Waals surface area contributed by atoms with Gasteiger partial charge in [0.15, 0.2) is 0 Å². The van der Waals surface area contributed by atoms with Crippen LogP contribution in [0.15, 0.2) is 30.5 Å². The Labute approximate surface area is 152 Å². The lowest BCUT2D eigenvalue weighted by molar-refractivity contribution is 0.0640. The predicted octanol–water partition coefficient (Wildman–Crippen LogP) is 1.11. The van der Waals surface area contributed by atoms with Crippen molar-refractivity contribution in [1.82, 2.24) is 19.6 Å². The molecule has 132 valence electrons. The maximum atomic E-state index is 12.8. The number of terminal acetylenes is 1. The molecule has 0 spiro atoms. The van der Waals surface area contributed by atoms with E-state index >= 15 is 0 Å². The molecule has 1 fully saturated rings. The third kappa shape index (κ3) is 3.53. The van der Waals surface area contributed by atoms with Crippen LogP contribution in [0.4, 0.5) is 5.82 Å². The number of amides is 1. The molecule has 0 bridgehead atoms. The number of nitrogens with zero attached hydrogens (tertiary/aromatic N) is 5. The van der Waals surface area contributed by atoms with E-state index in [-0.39, 0.29) is 11.7 Å². The van der Waals surface area contributed by atoms with Gasteiger partial charge >= 0.3 is 0 Å². The maximum Gasteiger partial charge on any atom is 0.254 e. The smallest absolute Gasteiger partial charge is 0.254 e. The normalized spacial score (nSPS) is 14.6. The second-order valence-electron chi connectivity index (χ2n) is 6.11. The van der Waals surface area contributed by atoms with Gasteiger partial charge in [0.2, 0.25) is 0 Å². The van der Waals surface area contributed by atoms with Crippen molar-refractivity contribution in [2.24, 2.45) is 0 Å². The van der Waals surface area contributed by atoms with Gasteiger partial charge in [-0.1, -0.05) is 6.07 Å². The van der Waals surface area contributed by atoms with Crippen molar-refractivity contribution < 1.29 is 4.79 Å². The highest BCUT2D eigenvalue weighted by Crippen LogP contribution is 2.18. The minimum absolute atomic E-state index is 0.0188. The average Bonchev–Trinajstić information content (AvgIpc) is 3.07. The number of carbonyl (C=O) groups is 1. The van der Waals surface area contributed by atoms with Gasteiger partial charge in [0.25, 0.3) is 5.91 Å². The molecule has 0 saturated carbocycles. The number of rotatable bonds is 4. The van der Waals surface area contributed by atoms with E-state index in [1.807, 2.05) is 11.0 Å². The molecule has 1 aliphatic rings. The fourth-order valence-corrected chi connectivity index (χ4v) is 3.00. The van der Waals surface area contributed by atoms with E-state index < -0.39 is 0 Å². The molecular formula is C19H20N6O. The Morgan fingerprint density at radius 3 is 2.73 bits per heavy atom. The Bertz CT molecular complexity index is 880. The van der Waals surface area contributed by atoms with Crippen LogP contribution in [0.5, 0.6) is 0 Å². The van der Waals surface area contributed by atoms with E-state index in [0.29, 0.717) is 29.9 Å². The average molecular weight is 348 g/mol. The summed E-state index contributed by atoms with van der Waals surface area (Å²) in [5, 5.41) is 13.1. The van der Waals surface area contributed by atoms with Crippen molar-refractivity contribution in [3.63, 3.8) is 0 Å². The van der Waals surface area contributed by atoms with Gasteiger partial charge in [0.1, 0.15) is 17.5 Å². The number of benzene rings is 1. The molecule has 0 atom stereocenters. The van der Waals surface area contributed by atoms with Crippen LogP contribution in [-0.4, -0.2) is 58.2 Å². The SMILES string of the molecule is C#CCCN1CCN(C(=O)c2cccc(-n3ncc(C#N)c3N)c2)CC1. The molecule has 1 saturated heterocycles. The quantitative estimate of drug-likeness (QED) is 0.836. The second kappa shape index (κ2) is 7.73. The Kier molecular flexibility index (Phi) is 5.21. The van der Waals surface area contributed by atoms with Gasteiger partial charge in [-0.05, 0) is 18.2 Å². The molecule has 0 unspecified atom stereocenters. The molecule has 0 aliphatic carbocycles. The minimum atomic E-state index is -0.0188. The van der Waals surface area contributed by atoms with Crippen LogP contribution in [0, 0.1) is 23.7 Å². The van der Waals surface area contributed by atoms with Crippen molar-refractivity contribution in [2.75, 3.05) is 38.5 Å². The van der Waals surface area contributed by atoms with Gasteiger partial charge in [-0.2, -0.15) is 10.4 Å². The lowest BCUT2D eigenvalue weighted by Gasteiger charge is -2.34. The Morgan fingerprint density at radius 2 is 2.08 bits per heavy atom. The number of nitrogen functional groups attached to an aromatic ring is 1. The molecule has 1 aromatic carbocycles. The Balaban J connectivity index is 1.72. The molecule has 2 aromatic rings. The van der Waals surface area contributed by atoms with Crippen molar-refractivity contribution >= 4 is 11.7 Å². The molecule has 2 N–H and O–H groups in total. The van der Waals surface area contributed by atoms with E-state index in [1.165, 1.54) is 10.9 Å². The third-order valence-corrected chi connectivity index (χ3v) is 4.50. The highest BCUT2D eigenvalue weighted by molar-refractivity contribution is 5.94. The fraction of sp³-hybridized carbons (Fsp3) is 0.316. The number of piperazine rings is 1. The number of anilines is 1. The molecular weight excluding hydrogens is 328 g/mol. The third-order valence-electron chi connectivity index (χ3n) is 4.50. The summed E-state index contributed by atoms with van der Waals surface area (Å²) in [5.74, 6) is 2.89. The molecule has 1 aromatic heterocycles. The molecule has 1 aliphatic heterocycles. The van der Waals surface area contributed by atoms with E-state index in [4.69, 9.17) is 17.4 Å². The van der Waals surface area contributed by atoms with E-state index in [0.717, 1.165) is 26.1 Å². The first kappa shape index (κ1) is 17.5. The largest absolute Gasteiger partial charge is 0.382 e. The molecule has 7 heteroatoms. The van der Waals surface area contributed by atoms with Crippen molar-refractivity contribution in [3.8, 4) is 24.1 Å². The zero-order valence-corrected chi connectivity index (χ0v) is 14.4. The van der Waals surface area contributed by atoms with Gasteiger partial charge in [-0.15, -0.1) is 12.3 Å². The maximum absolute atomic E-state index is 12.8. The molecule has 2 heterocycles. The lowest BCUT2D eigenvalue weighted by Crippen LogP contribution is -2.48. The van der Waals surface area contributed by atoms with Crippen LogP contribution in [0.2, 0.25) is 0 Å². The summed E-state index contributed by atoms with van der Waals surface area (Å²) in [5.41, 5.74) is 7.48. The summed E-state index contributed by atoms with van der Waals surface area (Å²) < 4.78 is 1.47. The molecule has 7 nitrogen and oxygen atoms in total. The van der Waals surface area contributed by atoms with Crippen LogP contribution < -0.4 is 5.73 Å². The number of nitrogens with two attached hydrogens (primary N) is 1. The first-order valence-electron chi connectivity index (χ1n) is 8.43. The van der Waals surface area contributed by atoms with Crippen molar-refractivity contribution in [3.05, 3.63) is 41.6 Å². The van der Waals surface area contributed by atoms with Gasteiger partial charge in [-0.25, -0.2) is 4.68 Å². The zero-order valence-electron chi connectivity index (χ0n) is 14.4. The van der Waals surface area contributed by atoms with Gasteiger partial charge in [0, 0.05) is 44.7 Å². The van der Waals surface area contributed by atoms with Crippen LogP contribution in [-0.2, 0) is 0 Å². The summed E-state index contributed by atoms with van der Waals surface area (Å²) in [6.07, 6.45) is 7.45. The summed E-state index contributed by atoms with van der Waals surface area (Å²) in [7, 11) is 0. The minimum Gasteiger partial charge on any atom is -0.382 e. The number of aromatic nitrogens is 2. The molecule has 1 amide bonds. The Hall–Kier alpha value is -3.29. The van der Waals surface area contributed by atoms with Gasteiger partial charge in [-0.3, -0.25) is 9.69 Å². The zero-order chi connectivity index (χ0) is 18.5. The second-order valence-corrected chi connectivity index (χ2v) is 6.11. The number of carbonyl (C=O) groups excluding carboxylic acids is 1. The van der Waals surface area contributed by atoms with Gasteiger partial charge in [0.05, 0.1) is 11.9 Å². The molecule has 26 heavy (non-hydrogen) atoms. The first-order valence-corrected chi connectivity index (χ1v) is 8.43. The van der Waals surface area contributed by atoms with E-state index in [2.05, 4.69) is 15.9 Å². The lowest BCUT2D eigenvalue weighted by atomic mass is 10.1. The van der Waals surface area contributed by atoms with Crippen LogP contribution in [0.1, 0.15) is 22.3 Å². The highest BCUT2D eigenvalue weighted by Gasteiger charge is 2.22. The predicted molar refractivity (Wildman–Crippen MR) is 98.5 cm³/mol. The summed E-state index contributed by atoms with van der Waals surface area (Å²) in [6.45, 7) is 3.87. The highest BCUT2D eigenvalue weighted by atomic mass is 16.2. The topological polar surface area (TPSA) is 91.2 Å². The van der Waals surface area contributed by atoms with Crippen LogP contribution in [0.25, 0.3) is 5.69 Å². The van der Waals surface area contributed by atoms with E-state index in [1.54, 1.807) is 24.3 Å². The first-order chi connectivity index (χ1) is 12.6. The van der Waals surface area contributed by atoms with Crippen LogP contribution in [0.3, 0.4) is 0 Å². The molecule has 0 radical (unpaired) electrons.